The summed E-state index contributed by atoms with van der Waals surface area (Å²) in [5.74, 6) is 1.71. The Morgan fingerprint density at radius 3 is 2.60 bits per heavy atom. The quantitative estimate of drug-likeness (QED) is 0.841. The van der Waals surface area contributed by atoms with Crippen LogP contribution in [0.25, 0.3) is 0 Å². The molecular weight excluding hydrogens is 266 g/mol. The molecule has 0 aromatic heterocycles. The molecule has 2 nitrogen and oxygen atoms in total. The van der Waals surface area contributed by atoms with E-state index in [1.807, 2.05) is 24.3 Å². The molecule has 0 aliphatic carbocycles. The molecule has 0 fully saturated rings. The second-order valence-corrected chi connectivity index (χ2v) is 6.03. The number of thioether (sulfide) groups is 1. The normalized spacial score (nSPS) is 12.2. The molecule has 2 aromatic rings. The average Bonchev–Trinajstić information content (AvgIpc) is 2.48. The summed E-state index contributed by atoms with van der Waals surface area (Å²) in [4.78, 5) is 1.27. The van der Waals surface area contributed by atoms with Crippen LogP contribution < -0.4 is 10.5 Å². The van der Waals surface area contributed by atoms with Gasteiger partial charge in [-0.3, -0.25) is 0 Å². The first-order valence-corrected chi connectivity index (χ1v) is 7.68. The van der Waals surface area contributed by atoms with Crippen molar-refractivity contribution in [1.29, 1.82) is 0 Å². The van der Waals surface area contributed by atoms with Gasteiger partial charge in [0.1, 0.15) is 5.75 Å². The second-order valence-electron chi connectivity index (χ2n) is 4.94. The zero-order valence-corrected chi connectivity index (χ0v) is 13.0. The van der Waals surface area contributed by atoms with Crippen LogP contribution in [0.4, 0.5) is 0 Å². The molecule has 2 rings (SSSR count). The molecule has 20 heavy (non-hydrogen) atoms. The molecule has 0 bridgehead atoms. The zero-order chi connectivity index (χ0) is 14.5. The number of aryl methyl sites for hydroxylation is 2. The summed E-state index contributed by atoms with van der Waals surface area (Å²) in [5.41, 5.74) is 10.0. The molecule has 0 aliphatic heterocycles. The Labute approximate surface area is 125 Å². The first-order valence-electron chi connectivity index (χ1n) is 6.69. The van der Waals surface area contributed by atoms with E-state index in [2.05, 4.69) is 32.0 Å². The lowest BCUT2D eigenvalue weighted by atomic mass is 10.1. The van der Waals surface area contributed by atoms with Crippen molar-refractivity contribution in [2.24, 2.45) is 5.73 Å². The van der Waals surface area contributed by atoms with Gasteiger partial charge in [-0.1, -0.05) is 18.2 Å². The third kappa shape index (κ3) is 3.78. The summed E-state index contributed by atoms with van der Waals surface area (Å²) in [6, 6.07) is 14.5. The lowest BCUT2D eigenvalue weighted by molar-refractivity contribution is 0.414. The van der Waals surface area contributed by atoms with E-state index in [0.29, 0.717) is 0 Å². The number of benzene rings is 2. The van der Waals surface area contributed by atoms with Gasteiger partial charge in [0, 0.05) is 16.7 Å². The van der Waals surface area contributed by atoms with Gasteiger partial charge in [0.25, 0.3) is 0 Å². The number of methoxy groups -OCH3 is 1. The summed E-state index contributed by atoms with van der Waals surface area (Å²) < 4.78 is 5.23. The minimum Gasteiger partial charge on any atom is -0.497 e. The van der Waals surface area contributed by atoms with E-state index >= 15 is 0 Å². The van der Waals surface area contributed by atoms with Gasteiger partial charge in [0.2, 0.25) is 0 Å². The smallest absolute Gasteiger partial charge is 0.119 e. The Hall–Kier alpha value is -1.45. The Morgan fingerprint density at radius 2 is 1.90 bits per heavy atom. The fourth-order valence-electron chi connectivity index (χ4n) is 1.96. The van der Waals surface area contributed by atoms with Gasteiger partial charge in [-0.15, -0.1) is 11.8 Å². The van der Waals surface area contributed by atoms with Gasteiger partial charge in [-0.05, 0) is 54.8 Å². The monoisotopic (exact) mass is 287 g/mol. The van der Waals surface area contributed by atoms with Crippen molar-refractivity contribution >= 4 is 11.8 Å². The summed E-state index contributed by atoms with van der Waals surface area (Å²) >= 11 is 1.79. The van der Waals surface area contributed by atoms with Crippen LogP contribution >= 0.6 is 11.8 Å². The summed E-state index contributed by atoms with van der Waals surface area (Å²) in [7, 11) is 1.68. The van der Waals surface area contributed by atoms with Crippen molar-refractivity contribution in [1.82, 2.24) is 0 Å². The number of hydrogen-bond donors (Lipinski definition) is 1. The number of nitrogens with two attached hydrogens (primary N) is 1. The number of hydrogen-bond acceptors (Lipinski definition) is 3. The molecule has 2 N–H and O–H groups in total. The fraction of sp³-hybridized carbons (Fsp3) is 0.294. The van der Waals surface area contributed by atoms with Crippen LogP contribution in [0.2, 0.25) is 0 Å². The van der Waals surface area contributed by atoms with Crippen LogP contribution in [0.15, 0.2) is 47.4 Å². The van der Waals surface area contributed by atoms with Crippen molar-refractivity contribution in [3.63, 3.8) is 0 Å². The van der Waals surface area contributed by atoms with Crippen LogP contribution in [0.3, 0.4) is 0 Å². The van der Waals surface area contributed by atoms with Crippen molar-refractivity contribution < 1.29 is 4.74 Å². The Kier molecular flexibility index (Phi) is 5.10. The van der Waals surface area contributed by atoms with E-state index in [4.69, 9.17) is 10.5 Å². The van der Waals surface area contributed by atoms with Gasteiger partial charge in [-0.25, -0.2) is 0 Å². The first kappa shape index (κ1) is 14.9. The Bertz CT molecular complexity index is 583. The van der Waals surface area contributed by atoms with Crippen molar-refractivity contribution in [2.75, 3.05) is 12.9 Å². The summed E-state index contributed by atoms with van der Waals surface area (Å²) in [5, 5.41) is 0. The molecule has 0 spiro atoms. The predicted octanol–water partition coefficient (Wildman–Crippen LogP) is 4.10. The first-order chi connectivity index (χ1) is 9.60. The van der Waals surface area contributed by atoms with Gasteiger partial charge < -0.3 is 10.5 Å². The van der Waals surface area contributed by atoms with Gasteiger partial charge in [0.05, 0.1) is 7.11 Å². The SMILES string of the molecule is COc1cccc(C(N)CSc2ccc(C)c(C)c2)c1. The van der Waals surface area contributed by atoms with Crippen LogP contribution in [-0.4, -0.2) is 12.9 Å². The molecule has 0 radical (unpaired) electrons. The highest BCUT2D eigenvalue weighted by molar-refractivity contribution is 7.99. The second kappa shape index (κ2) is 6.82. The minimum atomic E-state index is 0.0108. The van der Waals surface area contributed by atoms with Crippen LogP contribution in [-0.2, 0) is 0 Å². The van der Waals surface area contributed by atoms with Crippen LogP contribution in [0.5, 0.6) is 5.75 Å². The minimum absolute atomic E-state index is 0.0108. The third-order valence-corrected chi connectivity index (χ3v) is 4.54. The van der Waals surface area contributed by atoms with E-state index in [1.54, 1.807) is 18.9 Å². The van der Waals surface area contributed by atoms with Crippen molar-refractivity contribution in [2.45, 2.75) is 24.8 Å². The van der Waals surface area contributed by atoms with Crippen LogP contribution in [0.1, 0.15) is 22.7 Å². The molecule has 2 aromatic carbocycles. The summed E-state index contributed by atoms with van der Waals surface area (Å²) in [6.45, 7) is 4.27. The molecule has 3 heteroatoms. The lowest BCUT2D eigenvalue weighted by Gasteiger charge is -2.13. The van der Waals surface area contributed by atoms with E-state index in [-0.39, 0.29) is 6.04 Å². The molecule has 0 saturated heterocycles. The Morgan fingerprint density at radius 1 is 1.10 bits per heavy atom. The van der Waals surface area contributed by atoms with E-state index in [9.17, 15) is 0 Å². The fourth-order valence-corrected chi connectivity index (χ4v) is 2.95. The van der Waals surface area contributed by atoms with Gasteiger partial charge in [-0.2, -0.15) is 0 Å². The highest BCUT2D eigenvalue weighted by atomic mass is 32.2. The average molecular weight is 287 g/mol. The molecule has 0 saturated carbocycles. The zero-order valence-electron chi connectivity index (χ0n) is 12.2. The standard InChI is InChI=1S/C17H21NOS/c1-12-7-8-16(9-13(12)2)20-11-17(18)14-5-4-6-15(10-14)19-3/h4-10,17H,11,18H2,1-3H3. The van der Waals surface area contributed by atoms with Gasteiger partial charge in [0.15, 0.2) is 0 Å². The largest absolute Gasteiger partial charge is 0.497 e. The summed E-state index contributed by atoms with van der Waals surface area (Å²) in [6.07, 6.45) is 0. The third-order valence-electron chi connectivity index (χ3n) is 3.43. The maximum atomic E-state index is 6.26. The van der Waals surface area contributed by atoms with E-state index in [1.165, 1.54) is 16.0 Å². The molecule has 1 unspecified atom stereocenters. The van der Waals surface area contributed by atoms with Gasteiger partial charge >= 0.3 is 0 Å². The van der Waals surface area contributed by atoms with E-state index in [0.717, 1.165) is 17.1 Å². The maximum Gasteiger partial charge on any atom is 0.119 e. The predicted molar refractivity (Wildman–Crippen MR) is 86.6 cm³/mol. The molecule has 0 heterocycles. The van der Waals surface area contributed by atoms with Crippen molar-refractivity contribution in [3.8, 4) is 5.75 Å². The highest BCUT2D eigenvalue weighted by Gasteiger charge is 2.08. The highest BCUT2D eigenvalue weighted by Crippen LogP contribution is 2.26. The maximum absolute atomic E-state index is 6.26. The lowest BCUT2D eigenvalue weighted by Crippen LogP contribution is -2.12. The number of rotatable bonds is 5. The molecule has 0 aliphatic rings. The molecule has 1 atom stereocenters. The molecule has 106 valence electrons. The molecule has 0 amide bonds. The Balaban J connectivity index is 2.00. The van der Waals surface area contributed by atoms with Crippen molar-refractivity contribution in [3.05, 3.63) is 59.2 Å². The topological polar surface area (TPSA) is 35.2 Å². The van der Waals surface area contributed by atoms with E-state index < -0.39 is 0 Å². The molecular formula is C17H21NOS. The van der Waals surface area contributed by atoms with Crippen LogP contribution in [0, 0.1) is 13.8 Å². The number of ether oxygens (including phenoxy) is 1.